The van der Waals surface area contributed by atoms with Gasteiger partial charge in [0.2, 0.25) is 0 Å². The van der Waals surface area contributed by atoms with Crippen molar-refractivity contribution < 1.29 is 14.6 Å². The van der Waals surface area contributed by atoms with Gasteiger partial charge < -0.3 is 9.84 Å². The lowest BCUT2D eigenvalue weighted by atomic mass is 10.2. The van der Waals surface area contributed by atoms with Crippen LogP contribution in [-0.2, 0) is 11.2 Å². The van der Waals surface area contributed by atoms with E-state index in [2.05, 4.69) is 5.10 Å². The van der Waals surface area contributed by atoms with E-state index >= 15 is 0 Å². The van der Waals surface area contributed by atoms with Crippen molar-refractivity contribution >= 4 is 5.97 Å². The first-order valence-electron chi connectivity index (χ1n) is 6.08. The van der Waals surface area contributed by atoms with Crippen molar-refractivity contribution in [2.24, 2.45) is 0 Å². The minimum atomic E-state index is -0.874. The van der Waals surface area contributed by atoms with Gasteiger partial charge in [0.25, 0.3) is 0 Å². The predicted octanol–water partition coefficient (Wildman–Crippen LogP) is 2.29. The average Bonchev–Trinajstić information content (AvgIpc) is 2.76. The Kier molecular flexibility index (Phi) is 3.85. The van der Waals surface area contributed by atoms with E-state index in [0.29, 0.717) is 5.69 Å². The van der Waals surface area contributed by atoms with E-state index in [1.807, 2.05) is 38.1 Å². The molecule has 5 nitrogen and oxygen atoms in total. The molecule has 0 radical (unpaired) electrons. The fraction of sp³-hybridized carbons (Fsp3) is 0.286. The number of aliphatic carboxylic acids is 1. The summed E-state index contributed by atoms with van der Waals surface area (Å²) < 4.78 is 7.18. The van der Waals surface area contributed by atoms with Crippen LogP contribution in [0.1, 0.15) is 19.5 Å². The Morgan fingerprint density at radius 3 is 2.58 bits per heavy atom. The molecule has 1 N–H and O–H groups in total. The summed E-state index contributed by atoms with van der Waals surface area (Å²) in [5, 5.41) is 13.0. The molecule has 5 heteroatoms. The topological polar surface area (TPSA) is 64.4 Å². The number of carboxylic acid groups (broad SMARTS) is 1. The van der Waals surface area contributed by atoms with Gasteiger partial charge in [0, 0.05) is 6.20 Å². The summed E-state index contributed by atoms with van der Waals surface area (Å²) in [6, 6.07) is 9.11. The third kappa shape index (κ3) is 3.34. The van der Waals surface area contributed by atoms with Crippen LogP contribution in [0, 0.1) is 0 Å². The number of carbonyl (C=O) groups is 1. The van der Waals surface area contributed by atoms with Crippen molar-refractivity contribution in [1.82, 2.24) is 9.78 Å². The molecule has 0 aliphatic heterocycles. The van der Waals surface area contributed by atoms with Crippen LogP contribution in [0.25, 0.3) is 5.69 Å². The van der Waals surface area contributed by atoms with Gasteiger partial charge in [-0.3, -0.25) is 4.79 Å². The highest BCUT2D eigenvalue weighted by molar-refractivity contribution is 5.69. The van der Waals surface area contributed by atoms with Crippen molar-refractivity contribution in [3.63, 3.8) is 0 Å². The van der Waals surface area contributed by atoms with E-state index in [0.717, 1.165) is 11.4 Å². The smallest absolute Gasteiger partial charge is 0.309 e. The van der Waals surface area contributed by atoms with Crippen molar-refractivity contribution in [3.8, 4) is 11.4 Å². The number of hydrogen-bond donors (Lipinski definition) is 1. The molecule has 1 heterocycles. The molecule has 0 spiro atoms. The van der Waals surface area contributed by atoms with Crippen LogP contribution in [0.2, 0.25) is 0 Å². The quantitative estimate of drug-likeness (QED) is 0.895. The molecule has 0 fully saturated rings. The maximum absolute atomic E-state index is 10.8. The van der Waals surface area contributed by atoms with Gasteiger partial charge in [-0.2, -0.15) is 5.10 Å². The molecule has 19 heavy (non-hydrogen) atoms. The zero-order chi connectivity index (χ0) is 13.8. The third-order valence-electron chi connectivity index (χ3n) is 2.51. The monoisotopic (exact) mass is 260 g/mol. The Bertz CT molecular complexity index is 558. The van der Waals surface area contributed by atoms with E-state index in [-0.39, 0.29) is 12.5 Å². The number of aromatic nitrogens is 2. The Labute approximate surface area is 111 Å². The molecule has 0 saturated carbocycles. The molecule has 0 atom stereocenters. The number of rotatable bonds is 5. The van der Waals surface area contributed by atoms with Crippen molar-refractivity contribution in [3.05, 3.63) is 42.2 Å². The largest absolute Gasteiger partial charge is 0.491 e. The van der Waals surface area contributed by atoms with Gasteiger partial charge in [-0.1, -0.05) is 0 Å². The van der Waals surface area contributed by atoms with Crippen LogP contribution in [0.15, 0.2) is 36.5 Å². The zero-order valence-electron chi connectivity index (χ0n) is 10.9. The fourth-order valence-corrected chi connectivity index (χ4v) is 1.79. The lowest BCUT2D eigenvalue weighted by Crippen LogP contribution is -2.08. The maximum atomic E-state index is 10.8. The van der Waals surface area contributed by atoms with E-state index in [9.17, 15) is 4.79 Å². The fourth-order valence-electron chi connectivity index (χ4n) is 1.79. The highest BCUT2D eigenvalue weighted by Gasteiger charge is 2.09. The van der Waals surface area contributed by atoms with Crippen molar-refractivity contribution in [1.29, 1.82) is 0 Å². The van der Waals surface area contributed by atoms with Gasteiger partial charge in [-0.25, -0.2) is 4.68 Å². The van der Waals surface area contributed by atoms with Crippen LogP contribution in [0.3, 0.4) is 0 Å². The summed E-state index contributed by atoms with van der Waals surface area (Å²) in [7, 11) is 0. The second-order valence-corrected chi connectivity index (χ2v) is 4.47. The zero-order valence-corrected chi connectivity index (χ0v) is 10.9. The summed E-state index contributed by atoms with van der Waals surface area (Å²) in [5.41, 5.74) is 1.46. The third-order valence-corrected chi connectivity index (χ3v) is 2.51. The molecular weight excluding hydrogens is 244 g/mol. The molecule has 100 valence electrons. The molecule has 0 saturated heterocycles. The first-order valence-corrected chi connectivity index (χ1v) is 6.08. The minimum Gasteiger partial charge on any atom is -0.491 e. The molecule has 0 aliphatic carbocycles. The standard InChI is InChI=1S/C14H16N2O3/c1-10(2)19-13-5-3-11(4-6-13)16-12(7-8-15-16)9-14(17)18/h3-8,10H,9H2,1-2H3,(H,17,18). The van der Waals surface area contributed by atoms with Crippen LogP contribution >= 0.6 is 0 Å². The highest BCUT2D eigenvalue weighted by atomic mass is 16.5. The van der Waals surface area contributed by atoms with Gasteiger partial charge in [0.15, 0.2) is 0 Å². The van der Waals surface area contributed by atoms with Gasteiger partial charge in [0.1, 0.15) is 5.75 Å². The number of nitrogens with zero attached hydrogens (tertiary/aromatic N) is 2. The predicted molar refractivity (Wildman–Crippen MR) is 70.7 cm³/mol. The summed E-state index contributed by atoms with van der Waals surface area (Å²) in [6.45, 7) is 3.93. The second-order valence-electron chi connectivity index (χ2n) is 4.47. The summed E-state index contributed by atoms with van der Waals surface area (Å²) in [5.74, 6) is -0.0906. The van der Waals surface area contributed by atoms with Crippen LogP contribution in [0.5, 0.6) is 5.75 Å². The van der Waals surface area contributed by atoms with Crippen LogP contribution in [-0.4, -0.2) is 27.0 Å². The number of benzene rings is 1. The summed E-state index contributed by atoms with van der Waals surface area (Å²) in [6.07, 6.45) is 1.67. The molecule has 1 aromatic carbocycles. The molecule has 0 aliphatic rings. The first kappa shape index (κ1) is 13.1. The van der Waals surface area contributed by atoms with Crippen molar-refractivity contribution in [2.75, 3.05) is 0 Å². The first-order chi connectivity index (χ1) is 9.06. The Hall–Kier alpha value is -2.30. The molecular formula is C14H16N2O3. The minimum absolute atomic E-state index is 0.0513. The number of hydrogen-bond acceptors (Lipinski definition) is 3. The number of ether oxygens (including phenoxy) is 1. The van der Waals surface area contributed by atoms with E-state index in [1.165, 1.54) is 0 Å². The summed E-state index contributed by atoms with van der Waals surface area (Å²) >= 11 is 0. The van der Waals surface area contributed by atoms with Gasteiger partial charge in [-0.05, 0) is 44.2 Å². The molecule has 0 bridgehead atoms. The van der Waals surface area contributed by atoms with E-state index in [1.54, 1.807) is 16.9 Å². The summed E-state index contributed by atoms with van der Waals surface area (Å²) in [4.78, 5) is 10.8. The van der Waals surface area contributed by atoms with Crippen LogP contribution < -0.4 is 4.74 Å². The molecule has 0 amide bonds. The molecule has 1 aromatic heterocycles. The van der Waals surface area contributed by atoms with Crippen LogP contribution in [0.4, 0.5) is 0 Å². The highest BCUT2D eigenvalue weighted by Crippen LogP contribution is 2.17. The van der Waals surface area contributed by atoms with Gasteiger partial charge >= 0.3 is 5.97 Å². The normalized spacial score (nSPS) is 10.7. The molecule has 2 rings (SSSR count). The lowest BCUT2D eigenvalue weighted by Gasteiger charge is -2.11. The number of carboxylic acids is 1. The van der Waals surface area contributed by atoms with Crippen molar-refractivity contribution in [2.45, 2.75) is 26.4 Å². The Balaban J connectivity index is 2.22. The molecule has 2 aromatic rings. The van der Waals surface area contributed by atoms with E-state index < -0.39 is 5.97 Å². The van der Waals surface area contributed by atoms with E-state index in [4.69, 9.17) is 9.84 Å². The lowest BCUT2D eigenvalue weighted by molar-refractivity contribution is -0.136. The average molecular weight is 260 g/mol. The Morgan fingerprint density at radius 2 is 2.00 bits per heavy atom. The second kappa shape index (κ2) is 5.56. The molecule has 0 unspecified atom stereocenters. The Morgan fingerprint density at radius 1 is 1.32 bits per heavy atom. The SMILES string of the molecule is CC(C)Oc1ccc(-n2nccc2CC(=O)O)cc1. The maximum Gasteiger partial charge on any atom is 0.309 e. The van der Waals surface area contributed by atoms with Gasteiger partial charge in [-0.15, -0.1) is 0 Å². The van der Waals surface area contributed by atoms with Gasteiger partial charge in [0.05, 0.1) is 23.9 Å².